The van der Waals surface area contributed by atoms with Crippen molar-refractivity contribution in [1.82, 2.24) is 0 Å². The second-order valence-corrected chi connectivity index (χ2v) is 7.88. The van der Waals surface area contributed by atoms with E-state index in [1.165, 1.54) is 11.8 Å². The fourth-order valence-electron chi connectivity index (χ4n) is 3.80. The van der Waals surface area contributed by atoms with Gasteiger partial charge in [-0.1, -0.05) is 47.6 Å². The smallest absolute Gasteiger partial charge is 0.336 e. The van der Waals surface area contributed by atoms with Crippen molar-refractivity contribution in [3.05, 3.63) is 70.1 Å². The highest BCUT2D eigenvalue weighted by molar-refractivity contribution is 8.17. The van der Waals surface area contributed by atoms with Crippen molar-refractivity contribution in [2.45, 2.75) is 19.3 Å². The molecule has 1 unspecified atom stereocenters. The topological polar surface area (TPSA) is 59.0 Å². The number of likely N-dealkylation sites (N-methyl/N-ethyl adjacent to an activating group) is 1. The first-order chi connectivity index (χ1) is 14.0. The Labute approximate surface area is 178 Å². The minimum atomic E-state index is -1.32. The van der Waals surface area contributed by atoms with Gasteiger partial charge in [0.05, 0.1) is 23.6 Å². The second-order valence-electron chi connectivity index (χ2n) is 6.58. The van der Waals surface area contributed by atoms with E-state index in [0.29, 0.717) is 39.1 Å². The molecule has 0 N–H and O–H groups in total. The first kappa shape index (κ1) is 19.7. The molecule has 1 atom stereocenters. The number of para-hydroxylation sites is 1. The Kier molecular flexibility index (Phi) is 5.23. The third-order valence-electron chi connectivity index (χ3n) is 5.03. The van der Waals surface area contributed by atoms with E-state index in [2.05, 4.69) is 0 Å². The standard InChI is InChI=1S/C22H19ClN2O3S/c1-3-25-18-12-14(23)10-11-16(18)22(21(25)27)17(19(26)28-4-2)13-29-20(22)24-15-8-6-5-7-9-15/h5-13H,3-4H2,1-2H3. The van der Waals surface area contributed by atoms with E-state index < -0.39 is 11.4 Å². The molecule has 0 saturated carbocycles. The largest absolute Gasteiger partial charge is 0.463 e. The Morgan fingerprint density at radius 2 is 1.97 bits per heavy atom. The van der Waals surface area contributed by atoms with Gasteiger partial charge < -0.3 is 9.64 Å². The molecular formula is C22H19ClN2O3S. The van der Waals surface area contributed by atoms with Gasteiger partial charge in [0.1, 0.15) is 5.04 Å². The summed E-state index contributed by atoms with van der Waals surface area (Å²) in [7, 11) is 0. The van der Waals surface area contributed by atoms with Gasteiger partial charge >= 0.3 is 5.97 Å². The van der Waals surface area contributed by atoms with Crippen LogP contribution in [0.4, 0.5) is 11.4 Å². The maximum absolute atomic E-state index is 13.8. The van der Waals surface area contributed by atoms with Gasteiger partial charge in [-0.05, 0) is 43.5 Å². The number of halogens is 1. The average molecular weight is 427 g/mol. The number of ether oxygens (including phenoxy) is 1. The zero-order valence-electron chi connectivity index (χ0n) is 16.0. The summed E-state index contributed by atoms with van der Waals surface area (Å²) in [6.07, 6.45) is 0. The number of carbonyl (C=O) groups excluding carboxylic acids is 2. The number of aliphatic imine (C=N–C) groups is 1. The number of hydrogen-bond acceptors (Lipinski definition) is 5. The van der Waals surface area contributed by atoms with Crippen LogP contribution in [0.3, 0.4) is 0 Å². The van der Waals surface area contributed by atoms with Crippen molar-refractivity contribution in [1.29, 1.82) is 0 Å². The predicted octanol–water partition coefficient (Wildman–Crippen LogP) is 4.87. The number of fused-ring (bicyclic) bond motifs is 2. The van der Waals surface area contributed by atoms with Crippen LogP contribution in [0.15, 0.2) is 64.5 Å². The van der Waals surface area contributed by atoms with E-state index in [9.17, 15) is 9.59 Å². The quantitative estimate of drug-likeness (QED) is 0.654. The molecule has 2 aromatic carbocycles. The zero-order valence-corrected chi connectivity index (χ0v) is 17.6. The van der Waals surface area contributed by atoms with Gasteiger partial charge in [0.15, 0.2) is 5.41 Å². The van der Waals surface area contributed by atoms with Gasteiger partial charge in [-0.25, -0.2) is 9.79 Å². The molecule has 1 spiro atoms. The molecule has 2 aliphatic heterocycles. The average Bonchev–Trinajstić information content (AvgIpc) is 3.20. The minimum Gasteiger partial charge on any atom is -0.463 e. The molecule has 0 aliphatic carbocycles. The molecule has 1 amide bonds. The molecule has 4 rings (SSSR count). The summed E-state index contributed by atoms with van der Waals surface area (Å²) < 4.78 is 5.29. The Morgan fingerprint density at radius 1 is 1.21 bits per heavy atom. The van der Waals surface area contributed by atoms with Crippen molar-refractivity contribution in [2.24, 2.45) is 4.99 Å². The molecule has 148 valence electrons. The summed E-state index contributed by atoms with van der Waals surface area (Å²) in [5.74, 6) is -0.721. The Bertz CT molecular complexity index is 1050. The van der Waals surface area contributed by atoms with E-state index in [-0.39, 0.29) is 12.5 Å². The summed E-state index contributed by atoms with van der Waals surface area (Å²) in [5.41, 5.74) is 1.09. The van der Waals surface area contributed by atoms with E-state index in [1.54, 1.807) is 29.4 Å². The maximum Gasteiger partial charge on any atom is 0.336 e. The molecule has 0 fully saturated rings. The molecule has 0 aromatic heterocycles. The lowest BCUT2D eigenvalue weighted by atomic mass is 9.76. The fraction of sp³-hybridized carbons (Fsp3) is 0.227. The van der Waals surface area contributed by atoms with Crippen LogP contribution in [0, 0.1) is 0 Å². The molecule has 29 heavy (non-hydrogen) atoms. The molecule has 0 bridgehead atoms. The molecule has 5 nitrogen and oxygen atoms in total. The van der Waals surface area contributed by atoms with Gasteiger partial charge in [0.2, 0.25) is 5.91 Å². The SMILES string of the molecule is CCOC(=O)C1=CSC(=Nc2ccccc2)C12C(=O)N(CC)c1cc(Cl)ccc12. The number of rotatable bonds is 4. The normalized spacial score (nSPS) is 21.6. The lowest BCUT2D eigenvalue weighted by Gasteiger charge is -2.26. The summed E-state index contributed by atoms with van der Waals surface area (Å²) in [6, 6.07) is 14.7. The number of esters is 1. The number of thioether (sulfide) groups is 1. The monoisotopic (exact) mass is 426 g/mol. The van der Waals surface area contributed by atoms with Crippen LogP contribution >= 0.6 is 23.4 Å². The van der Waals surface area contributed by atoms with Gasteiger partial charge in [0.25, 0.3) is 0 Å². The summed E-state index contributed by atoms with van der Waals surface area (Å²) in [6.45, 7) is 4.31. The fourth-order valence-corrected chi connectivity index (χ4v) is 5.11. The van der Waals surface area contributed by atoms with E-state index in [0.717, 1.165) is 0 Å². The lowest BCUT2D eigenvalue weighted by Crippen LogP contribution is -2.46. The predicted molar refractivity (Wildman–Crippen MR) is 117 cm³/mol. The Morgan fingerprint density at radius 3 is 2.66 bits per heavy atom. The van der Waals surface area contributed by atoms with Crippen LogP contribution in [0.5, 0.6) is 0 Å². The van der Waals surface area contributed by atoms with Crippen molar-refractivity contribution in [3.8, 4) is 0 Å². The van der Waals surface area contributed by atoms with Crippen LogP contribution < -0.4 is 4.90 Å². The van der Waals surface area contributed by atoms with E-state index in [1.807, 2.05) is 43.3 Å². The molecule has 0 saturated heterocycles. The van der Waals surface area contributed by atoms with Crippen molar-refractivity contribution in [2.75, 3.05) is 18.1 Å². The number of anilines is 1. The number of nitrogens with zero attached hydrogens (tertiary/aromatic N) is 2. The molecule has 7 heteroatoms. The maximum atomic E-state index is 13.8. The Balaban J connectivity index is 1.98. The van der Waals surface area contributed by atoms with Gasteiger partial charge in [-0.15, -0.1) is 0 Å². The number of hydrogen-bond donors (Lipinski definition) is 0. The number of amides is 1. The van der Waals surface area contributed by atoms with Crippen LogP contribution in [0.25, 0.3) is 0 Å². The third kappa shape index (κ3) is 2.98. The van der Waals surface area contributed by atoms with E-state index in [4.69, 9.17) is 21.3 Å². The Hall–Kier alpha value is -2.57. The van der Waals surface area contributed by atoms with Crippen LogP contribution in [-0.4, -0.2) is 30.1 Å². The van der Waals surface area contributed by atoms with Crippen molar-refractivity contribution in [3.63, 3.8) is 0 Å². The van der Waals surface area contributed by atoms with Crippen molar-refractivity contribution >= 4 is 51.7 Å². The first-order valence-electron chi connectivity index (χ1n) is 9.34. The summed E-state index contributed by atoms with van der Waals surface area (Å²) in [5, 5.41) is 2.76. The van der Waals surface area contributed by atoms with E-state index >= 15 is 0 Å². The summed E-state index contributed by atoms with van der Waals surface area (Å²) in [4.78, 5) is 33.1. The molecule has 2 aliphatic rings. The molecule has 2 aromatic rings. The first-order valence-corrected chi connectivity index (χ1v) is 10.6. The van der Waals surface area contributed by atoms with Gasteiger partial charge in [-0.3, -0.25) is 4.79 Å². The highest BCUT2D eigenvalue weighted by atomic mass is 35.5. The lowest BCUT2D eigenvalue weighted by molar-refractivity contribution is -0.140. The van der Waals surface area contributed by atoms with Crippen LogP contribution in [0.1, 0.15) is 19.4 Å². The highest BCUT2D eigenvalue weighted by Crippen LogP contribution is 2.54. The second kappa shape index (κ2) is 7.69. The molecule has 2 heterocycles. The molecule has 0 radical (unpaired) electrons. The number of benzene rings is 2. The molecular weight excluding hydrogens is 408 g/mol. The third-order valence-corrected chi connectivity index (χ3v) is 6.24. The van der Waals surface area contributed by atoms with Gasteiger partial charge in [-0.2, -0.15) is 0 Å². The van der Waals surface area contributed by atoms with Crippen molar-refractivity contribution < 1.29 is 14.3 Å². The van der Waals surface area contributed by atoms with Crippen LogP contribution in [0.2, 0.25) is 5.02 Å². The number of carbonyl (C=O) groups is 2. The zero-order chi connectivity index (χ0) is 20.6. The minimum absolute atomic E-state index is 0.212. The van der Waals surface area contributed by atoms with Crippen LogP contribution in [-0.2, 0) is 19.7 Å². The highest BCUT2D eigenvalue weighted by Gasteiger charge is 2.61. The summed E-state index contributed by atoms with van der Waals surface area (Å²) >= 11 is 7.51. The van der Waals surface area contributed by atoms with Gasteiger partial charge in [0, 0.05) is 17.1 Å².